The summed E-state index contributed by atoms with van der Waals surface area (Å²) in [5, 5.41) is 2.80. The van der Waals surface area contributed by atoms with E-state index in [0.717, 1.165) is 5.71 Å². The van der Waals surface area contributed by atoms with Gasteiger partial charge in [-0.15, -0.1) is 0 Å². The summed E-state index contributed by atoms with van der Waals surface area (Å²) in [7, 11) is 0. The van der Waals surface area contributed by atoms with Gasteiger partial charge >= 0.3 is 0 Å². The smallest absolute Gasteiger partial charge is 0.251 e. The van der Waals surface area contributed by atoms with Crippen LogP contribution in [0.2, 0.25) is 0 Å². The number of nitrogens with one attached hydrogen (secondary N) is 1. The second-order valence-corrected chi connectivity index (χ2v) is 3.49. The lowest BCUT2D eigenvalue weighted by Gasteiger charge is -2.03. The summed E-state index contributed by atoms with van der Waals surface area (Å²) in [5.74, 6) is -0.0900. The molecule has 1 aromatic carbocycles. The fourth-order valence-electron chi connectivity index (χ4n) is 1.18. The summed E-state index contributed by atoms with van der Waals surface area (Å²) in [4.78, 5) is 15.8. The number of hydrogen-bond acceptors (Lipinski definition) is 2. The minimum absolute atomic E-state index is 0.0900. The molecule has 0 saturated heterocycles. The number of amides is 1. The van der Waals surface area contributed by atoms with Crippen LogP contribution < -0.4 is 5.32 Å². The molecule has 1 rings (SSSR count). The van der Waals surface area contributed by atoms with Crippen LogP contribution in [0.3, 0.4) is 0 Å². The van der Waals surface area contributed by atoms with Gasteiger partial charge in [-0.05, 0) is 25.1 Å². The van der Waals surface area contributed by atoms with Crippen LogP contribution in [-0.4, -0.2) is 18.2 Å². The van der Waals surface area contributed by atoms with Gasteiger partial charge in [-0.25, -0.2) is 0 Å². The third kappa shape index (κ3) is 11.4. The van der Waals surface area contributed by atoms with Gasteiger partial charge < -0.3 is 5.32 Å². The maximum Gasteiger partial charge on any atom is 0.251 e. The normalized spacial score (nSPS) is 9.86. The molecule has 116 valence electrons. The van der Waals surface area contributed by atoms with Gasteiger partial charge in [-0.3, -0.25) is 9.79 Å². The highest BCUT2D eigenvalue weighted by atomic mass is 16.1. The lowest BCUT2D eigenvalue weighted by molar-refractivity contribution is 0.0959. The molecule has 0 aliphatic heterocycles. The van der Waals surface area contributed by atoms with Crippen molar-refractivity contribution >= 4 is 11.6 Å². The zero-order chi connectivity index (χ0) is 16.5. The molecule has 1 N–H and O–H groups in total. The highest BCUT2D eigenvalue weighted by Crippen LogP contribution is 1.97. The molecule has 0 bridgehead atoms. The van der Waals surface area contributed by atoms with Crippen molar-refractivity contribution in [2.45, 2.75) is 34.6 Å². The number of nitrogens with zero attached hydrogens (tertiary/aromatic N) is 1. The Morgan fingerprint density at radius 1 is 1.19 bits per heavy atom. The van der Waals surface area contributed by atoms with E-state index in [9.17, 15) is 4.79 Å². The number of carbonyl (C=O) groups is 1. The Morgan fingerprint density at radius 3 is 2.29 bits per heavy atom. The first kappa shape index (κ1) is 21.1. The lowest BCUT2D eigenvalue weighted by atomic mass is 10.2. The Morgan fingerprint density at radius 2 is 1.76 bits per heavy atom. The molecule has 1 amide bonds. The zero-order valence-electron chi connectivity index (χ0n) is 13.9. The van der Waals surface area contributed by atoms with Gasteiger partial charge in [-0.2, -0.15) is 0 Å². The van der Waals surface area contributed by atoms with E-state index in [1.54, 1.807) is 30.5 Å². The van der Waals surface area contributed by atoms with Crippen LogP contribution >= 0.6 is 0 Å². The minimum atomic E-state index is -0.0900. The molecule has 0 radical (unpaired) electrons. The van der Waals surface area contributed by atoms with Crippen LogP contribution in [0.1, 0.15) is 45.0 Å². The van der Waals surface area contributed by atoms with Crippen molar-refractivity contribution in [3.05, 3.63) is 60.8 Å². The van der Waals surface area contributed by atoms with E-state index in [1.165, 1.54) is 0 Å². The van der Waals surface area contributed by atoms with Crippen molar-refractivity contribution in [2.75, 3.05) is 6.54 Å². The van der Waals surface area contributed by atoms with Crippen LogP contribution in [0, 0.1) is 0 Å². The van der Waals surface area contributed by atoms with Crippen molar-refractivity contribution in [1.29, 1.82) is 0 Å². The summed E-state index contributed by atoms with van der Waals surface area (Å²) in [6, 6.07) is 9.10. The Labute approximate surface area is 129 Å². The predicted octanol–water partition coefficient (Wildman–Crippen LogP) is 4.63. The molecule has 0 aromatic heterocycles. The quantitative estimate of drug-likeness (QED) is 0.623. The second-order valence-electron chi connectivity index (χ2n) is 3.49. The van der Waals surface area contributed by atoms with E-state index in [4.69, 9.17) is 0 Å². The number of hydrogen-bond donors (Lipinski definition) is 1. The second kappa shape index (κ2) is 15.9. The van der Waals surface area contributed by atoms with Gasteiger partial charge in [-0.1, -0.05) is 58.5 Å². The van der Waals surface area contributed by atoms with Gasteiger partial charge in [0, 0.05) is 17.5 Å². The Hall–Kier alpha value is -2.16. The minimum Gasteiger partial charge on any atom is -0.347 e. The Kier molecular flexibility index (Phi) is 16.0. The molecule has 1 aromatic rings. The maximum absolute atomic E-state index is 11.7. The van der Waals surface area contributed by atoms with Crippen LogP contribution in [0.5, 0.6) is 0 Å². The first-order valence-corrected chi connectivity index (χ1v) is 7.38. The Bertz CT molecular complexity index is 434. The molecule has 0 aliphatic rings. The summed E-state index contributed by atoms with van der Waals surface area (Å²) in [5.41, 5.74) is 1.49. The molecule has 0 unspecified atom stereocenters. The van der Waals surface area contributed by atoms with Crippen molar-refractivity contribution in [2.24, 2.45) is 4.99 Å². The van der Waals surface area contributed by atoms with Gasteiger partial charge in [0.2, 0.25) is 0 Å². The van der Waals surface area contributed by atoms with Crippen molar-refractivity contribution < 1.29 is 4.79 Å². The number of allylic oxidation sites excluding steroid dienone is 2. The molecule has 0 atom stereocenters. The third-order valence-corrected chi connectivity index (χ3v) is 2.06. The number of rotatable bonds is 5. The SMILES string of the molecule is C=C/C=C\N=C(C)CNC(=O)c1ccccc1.CC.CC. The fraction of sp³-hybridized carbons (Fsp3) is 0.333. The molecule has 3 nitrogen and oxygen atoms in total. The topological polar surface area (TPSA) is 41.5 Å². The molecule has 3 heteroatoms. The number of aliphatic imine (C=N–C) groups is 1. The average Bonchev–Trinajstić information content (AvgIpc) is 2.57. The summed E-state index contributed by atoms with van der Waals surface area (Å²) in [6.07, 6.45) is 5.04. The summed E-state index contributed by atoms with van der Waals surface area (Å²) >= 11 is 0. The van der Waals surface area contributed by atoms with Gasteiger partial charge in [0.25, 0.3) is 5.91 Å². The number of carbonyl (C=O) groups excluding carboxylic acids is 1. The maximum atomic E-state index is 11.7. The lowest BCUT2D eigenvalue weighted by Crippen LogP contribution is -2.28. The Balaban J connectivity index is 0. The molecular weight excluding hydrogens is 260 g/mol. The van der Waals surface area contributed by atoms with E-state index < -0.39 is 0 Å². The molecule has 0 heterocycles. The summed E-state index contributed by atoms with van der Waals surface area (Å²) < 4.78 is 0. The highest BCUT2D eigenvalue weighted by Gasteiger charge is 2.03. The van der Waals surface area contributed by atoms with Crippen LogP contribution in [0.25, 0.3) is 0 Å². The van der Waals surface area contributed by atoms with Crippen LogP contribution in [0.4, 0.5) is 0 Å². The fourth-order valence-corrected chi connectivity index (χ4v) is 1.18. The molecule has 0 aliphatic carbocycles. The van der Waals surface area contributed by atoms with Gasteiger partial charge in [0.1, 0.15) is 0 Å². The number of benzene rings is 1. The zero-order valence-corrected chi connectivity index (χ0v) is 13.9. The molecule has 21 heavy (non-hydrogen) atoms. The van der Waals surface area contributed by atoms with E-state index in [2.05, 4.69) is 16.9 Å². The summed E-state index contributed by atoms with van der Waals surface area (Å²) in [6.45, 7) is 13.8. The predicted molar refractivity (Wildman–Crippen MR) is 93.9 cm³/mol. The third-order valence-electron chi connectivity index (χ3n) is 2.06. The van der Waals surface area contributed by atoms with E-state index >= 15 is 0 Å². The van der Waals surface area contributed by atoms with Crippen LogP contribution in [-0.2, 0) is 0 Å². The standard InChI is InChI=1S/C14H16N2O.2C2H6/c1-3-4-10-15-12(2)11-16-14(17)13-8-6-5-7-9-13;2*1-2/h3-10H,1,11H2,2H3,(H,16,17);2*1-2H3/b10-4-,15-12?;;. The first-order chi connectivity index (χ1) is 10.2. The first-order valence-electron chi connectivity index (χ1n) is 7.38. The molecule has 0 fully saturated rings. The highest BCUT2D eigenvalue weighted by molar-refractivity contribution is 5.97. The monoisotopic (exact) mass is 288 g/mol. The molecule has 0 saturated carbocycles. The molecular formula is C18H28N2O. The van der Waals surface area contributed by atoms with Gasteiger partial charge in [0.05, 0.1) is 6.54 Å². The largest absolute Gasteiger partial charge is 0.347 e. The van der Waals surface area contributed by atoms with E-state index in [0.29, 0.717) is 12.1 Å². The average molecular weight is 288 g/mol. The van der Waals surface area contributed by atoms with Crippen LogP contribution in [0.15, 0.2) is 60.3 Å². The van der Waals surface area contributed by atoms with Gasteiger partial charge in [0.15, 0.2) is 0 Å². The van der Waals surface area contributed by atoms with Crippen molar-refractivity contribution in [3.8, 4) is 0 Å². The van der Waals surface area contributed by atoms with Crippen molar-refractivity contribution in [1.82, 2.24) is 5.32 Å². The van der Waals surface area contributed by atoms with Crippen molar-refractivity contribution in [3.63, 3.8) is 0 Å². The van der Waals surface area contributed by atoms with E-state index in [1.807, 2.05) is 52.8 Å². The molecule has 0 spiro atoms. The van der Waals surface area contributed by atoms with E-state index in [-0.39, 0.29) is 5.91 Å².